The molecule has 0 unspecified atom stereocenters. The number of nitrogens with one attached hydrogen (secondary N) is 1. The number of rotatable bonds is 4. The van der Waals surface area contributed by atoms with Crippen molar-refractivity contribution in [2.75, 3.05) is 27.2 Å². The van der Waals surface area contributed by atoms with Crippen molar-refractivity contribution < 1.29 is 13.9 Å². The highest BCUT2D eigenvalue weighted by atomic mass is 19.1. The third-order valence-corrected chi connectivity index (χ3v) is 1.88. The number of carbonyl (C=O) groups is 1. The first-order valence-electron chi connectivity index (χ1n) is 4.93. The fourth-order valence-electron chi connectivity index (χ4n) is 1.04. The number of hydrogen-bond donors (Lipinski definition) is 1. The molecule has 0 fully saturated rings. The van der Waals surface area contributed by atoms with E-state index >= 15 is 0 Å². The Bertz CT molecular complexity index is 356. The van der Waals surface area contributed by atoms with Crippen LogP contribution >= 0.6 is 0 Å². The number of amides is 2. The molecule has 2 amide bonds. The van der Waals surface area contributed by atoms with Gasteiger partial charge >= 0.3 is 6.03 Å². The van der Waals surface area contributed by atoms with Crippen molar-refractivity contribution in [3.63, 3.8) is 0 Å². The van der Waals surface area contributed by atoms with Gasteiger partial charge in [0, 0.05) is 14.1 Å². The molecule has 1 N–H and O–H groups in total. The summed E-state index contributed by atoms with van der Waals surface area (Å²) in [7, 11) is 3.29. The molecule has 0 saturated heterocycles. The molecule has 0 aliphatic rings. The molecule has 1 aromatic carbocycles. The zero-order valence-corrected chi connectivity index (χ0v) is 9.37. The van der Waals surface area contributed by atoms with Gasteiger partial charge in [0.05, 0.1) is 6.54 Å². The fourth-order valence-corrected chi connectivity index (χ4v) is 1.04. The molecule has 4 nitrogen and oxygen atoms in total. The average Bonchev–Trinajstić information content (AvgIpc) is 2.26. The summed E-state index contributed by atoms with van der Waals surface area (Å²) in [6, 6.07) is 5.96. The molecule has 0 spiro atoms. The van der Waals surface area contributed by atoms with Gasteiger partial charge in [-0.15, -0.1) is 0 Å². The van der Waals surface area contributed by atoms with Gasteiger partial charge in [0.25, 0.3) is 0 Å². The first-order chi connectivity index (χ1) is 7.61. The number of urea groups is 1. The molecule has 0 heterocycles. The number of ether oxygens (including phenoxy) is 1. The minimum atomic E-state index is -0.401. The summed E-state index contributed by atoms with van der Waals surface area (Å²) in [4.78, 5) is 12.5. The topological polar surface area (TPSA) is 41.6 Å². The van der Waals surface area contributed by atoms with E-state index in [4.69, 9.17) is 4.74 Å². The maximum Gasteiger partial charge on any atom is 0.316 e. The minimum Gasteiger partial charge on any atom is -0.489 e. The van der Waals surface area contributed by atoms with Gasteiger partial charge in [-0.25, -0.2) is 9.18 Å². The number of halogens is 1. The Kier molecular flexibility index (Phi) is 4.57. The Balaban J connectivity index is 2.26. The van der Waals surface area contributed by atoms with Gasteiger partial charge in [0.15, 0.2) is 11.6 Å². The van der Waals surface area contributed by atoms with Crippen LogP contribution < -0.4 is 10.1 Å². The molecule has 16 heavy (non-hydrogen) atoms. The van der Waals surface area contributed by atoms with Crippen molar-refractivity contribution in [1.82, 2.24) is 10.2 Å². The van der Waals surface area contributed by atoms with E-state index in [1.54, 1.807) is 32.3 Å². The average molecular weight is 226 g/mol. The molecule has 1 aromatic rings. The zero-order chi connectivity index (χ0) is 12.0. The van der Waals surface area contributed by atoms with E-state index in [0.29, 0.717) is 6.54 Å². The lowest BCUT2D eigenvalue weighted by atomic mass is 10.3. The van der Waals surface area contributed by atoms with Gasteiger partial charge in [0.1, 0.15) is 6.61 Å². The Morgan fingerprint density at radius 2 is 2.12 bits per heavy atom. The van der Waals surface area contributed by atoms with E-state index in [-0.39, 0.29) is 18.4 Å². The van der Waals surface area contributed by atoms with Crippen molar-refractivity contribution in [3.8, 4) is 5.75 Å². The molecular formula is C11H15FN2O2. The van der Waals surface area contributed by atoms with Crippen molar-refractivity contribution in [1.29, 1.82) is 0 Å². The number of nitrogens with zero attached hydrogens (tertiary/aromatic N) is 1. The molecule has 5 heteroatoms. The highest BCUT2D eigenvalue weighted by Gasteiger charge is 2.03. The van der Waals surface area contributed by atoms with Crippen molar-refractivity contribution in [3.05, 3.63) is 30.1 Å². The summed E-state index contributed by atoms with van der Waals surface area (Å²) in [6.07, 6.45) is 0. The van der Waals surface area contributed by atoms with Crippen LogP contribution in [-0.4, -0.2) is 38.2 Å². The molecule has 0 aliphatic carbocycles. The first kappa shape index (κ1) is 12.3. The Hall–Kier alpha value is -1.78. The molecule has 0 bridgehead atoms. The van der Waals surface area contributed by atoms with E-state index in [1.165, 1.54) is 11.0 Å². The van der Waals surface area contributed by atoms with Crippen LogP contribution in [0.4, 0.5) is 9.18 Å². The molecule has 0 radical (unpaired) electrons. The highest BCUT2D eigenvalue weighted by molar-refractivity contribution is 5.73. The van der Waals surface area contributed by atoms with Gasteiger partial charge < -0.3 is 15.0 Å². The molecule has 0 aromatic heterocycles. The van der Waals surface area contributed by atoms with Crippen LogP contribution in [0.3, 0.4) is 0 Å². The third-order valence-electron chi connectivity index (χ3n) is 1.88. The van der Waals surface area contributed by atoms with Crippen molar-refractivity contribution >= 4 is 6.03 Å². The van der Waals surface area contributed by atoms with E-state index in [9.17, 15) is 9.18 Å². The fraction of sp³-hybridized carbons (Fsp3) is 0.364. The van der Waals surface area contributed by atoms with Crippen LogP contribution in [0.15, 0.2) is 24.3 Å². The number of hydrogen-bond acceptors (Lipinski definition) is 2. The van der Waals surface area contributed by atoms with Gasteiger partial charge in [-0.05, 0) is 12.1 Å². The summed E-state index contributed by atoms with van der Waals surface area (Å²) in [6.45, 7) is 0.575. The van der Waals surface area contributed by atoms with Crippen LogP contribution in [0.25, 0.3) is 0 Å². The molecule has 0 aliphatic heterocycles. The summed E-state index contributed by atoms with van der Waals surface area (Å²) < 4.78 is 18.2. The second kappa shape index (κ2) is 5.95. The Morgan fingerprint density at radius 3 is 2.75 bits per heavy atom. The van der Waals surface area contributed by atoms with Crippen molar-refractivity contribution in [2.24, 2.45) is 0 Å². The molecular weight excluding hydrogens is 211 g/mol. The first-order valence-corrected chi connectivity index (χ1v) is 4.93. The van der Waals surface area contributed by atoms with Crippen molar-refractivity contribution in [2.45, 2.75) is 0 Å². The maximum atomic E-state index is 13.1. The van der Waals surface area contributed by atoms with E-state index in [0.717, 1.165) is 0 Å². The normalized spacial score (nSPS) is 9.69. The quantitative estimate of drug-likeness (QED) is 0.790. The largest absolute Gasteiger partial charge is 0.489 e. The van der Waals surface area contributed by atoms with Crippen LogP contribution in [0.2, 0.25) is 0 Å². The van der Waals surface area contributed by atoms with E-state index in [1.807, 2.05) is 0 Å². The van der Waals surface area contributed by atoms with Crippen LogP contribution in [0.1, 0.15) is 0 Å². The predicted octanol–water partition coefficient (Wildman–Crippen LogP) is 1.48. The predicted molar refractivity (Wildman–Crippen MR) is 59.0 cm³/mol. The second-order valence-electron chi connectivity index (χ2n) is 3.41. The Morgan fingerprint density at radius 1 is 1.44 bits per heavy atom. The highest BCUT2D eigenvalue weighted by Crippen LogP contribution is 2.14. The summed E-state index contributed by atoms with van der Waals surface area (Å²) >= 11 is 0. The smallest absolute Gasteiger partial charge is 0.316 e. The van der Waals surface area contributed by atoms with E-state index in [2.05, 4.69) is 5.32 Å². The minimum absolute atomic E-state index is 0.196. The monoisotopic (exact) mass is 226 g/mol. The lowest BCUT2D eigenvalue weighted by Gasteiger charge is -2.12. The van der Waals surface area contributed by atoms with Gasteiger partial charge in [-0.1, -0.05) is 12.1 Å². The van der Waals surface area contributed by atoms with Crippen LogP contribution in [-0.2, 0) is 0 Å². The third kappa shape index (κ3) is 3.76. The maximum absolute atomic E-state index is 13.1. The molecule has 0 atom stereocenters. The standard InChI is InChI=1S/C11H15FN2O2/c1-14(2)11(15)13-7-8-16-10-6-4-3-5-9(10)12/h3-6H,7-8H2,1-2H3,(H,13,15). The summed E-state index contributed by atoms with van der Waals surface area (Å²) in [5.41, 5.74) is 0. The Labute approximate surface area is 94.0 Å². The lowest BCUT2D eigenvalue weighted by molar-refractivity contribution is 0.213. The number of carbonyl (C=O) groups excluding carboxylic acids is 1. The van der Waals surface area contributed by atoms with Gasteiger partial charge in [0.2, 0.25) is 0 Å². The zero-order valence-electron chi connectivity index (χ0n) is 9.37. The number of benzene rings is 1. The van der Waals surface area contributed by atoms with Crippen LogP contribution in [0.5, 0.6) is 5.75 Å². The molecule has 0 saturated carbocycles. The summed E-state index contributed by atoms with van der Waals surface area (Å²) in [5, 5.41) is 2.61. The van der Waals surface area contributed by atoms with E-state index < -0.39 is 5.82 Å². The van der Waals surface area contributed by atoms with Gasteiger partial charge in [-0.3, -0.25) is 0 Å². The van der Waals surface area contributed by atoms with Crippen LogP contribution in [0, 0.1) is 5.82 Å². The summed E-state index contributed by atoms with van der Waals surface area (Å²) in [5.74, 6) is -0.206. The number of para-hydroxylation sites is 1. The van der Waals surface area contributed by atoms with Gasteiger partial charge in [-0.2, -0.15) is 0 Å². The SMILES string of the molecule is CN(C)C(=O)NCCOc1ccccc1F. The lowest BCUT2D eigenvalue weighted by Crippen LogP contribution is -2.36. The second-order valence-corrected chi connectivity index (χ2v) is 3.41. The molecule has 88 valence electrons. The molecule has 1 rings (SSSR count).